The zero-order valence-electron chi connectivity index (χ0n) is 20.7. The molecule has 1 aromatic heterocycles. The minimum Gasteiger partial charge on any atom is -0.376 e. The van der Waals surface area contributed by atoms with E-state index in [1.165, 1.54) is 4.57 Å². The number of aromatic amines is 1. The smallest absolute Gasteiger partial charge is 0.328 e. The van der Waals surface area contributed by atoms with Crippen LogP contribution in [0.15, 0.2) is 52.1 Å². The van der Waals surface area contributed by atoms with Crippen molar-refractivity contribution in [1.29, 1.82) is 0 Å². The summed E-state index contributed by atoms with van der Waals surface area (Å²) in [5, 5.41) is 4.08. The molecule has 2 aliphatic heterocycles. The Kier molecular flexibility index (Phi) is 7.93. The SMILES string of the molecule is O=C(NCCCN1CCN(c2cccc(Cl)c2)CC1)c1ccc2c(=O)n(C[C@@H]3CCCO3)c(=O)[nH]c2c1. The summed E-state index contributed by atoms with van der Waals surface area (Å²) < 4.78 is 6.75. The topological polar surface area (TPSA) is 99.7 Å². The molecule has 0 radical (unpaired) electrons. The molecule has 0 saturated carbocycles. The number of nitrogens with zero attached hydrogens (tertiary/aromatic N) is 3. The van der Waals surface area contributed by atoms with Crippen LogP contribution >= 0.6 is 11.6 Å². The maximum Gasteiger partial charge on any atom is 0.328 e. The molecule has 2 aromatic carbocycles. The van der Waals surface area contributed by atoms with Crippen LogP contribution in [-0.4, -0.2) is 72.3 Å². The van der Waals surface area contributed by atoms with Gasteiger partial charge in [-0.25, -0.2) is 4.79 Å². The zero-order chi connectivity index (χ0) is 25.8. The van der Waals surface area contributed by atoms with Crippen molar-refractivity contribution >= 4 is 34.1 Å². The first-order chi connectivity index (χ1) is 18.0. The highest BCUT2D eigenvalue weighted by atomic mass is 35.5. The molecule has 196 valence electrons. The average Bonchev–Trinajstić information content (AvgIpc) is 3.42. The monoisotopic (exact) mass is 525 g/mol. The summed E-state index contributed by atoms with van der Waals surface area (Å²) in [4.78, 5) is 45.6. The van der Waals surface area contributed by atoms with E-state index >= 15 is 0 Å². The predicted octanol–water partition coefficient (Wildman–Crippen LogP) is 2.46. The van der Waals surface area contributed by atoms with Crippen molar-refractivity contribution < 1.29 is 9.53 Å². The molecule has 2 aliphatic rings. The summed E-state index contributed by atoms with van der Waals surface area (Å²) in [5.41, 5.74) is 1.08. The van der Waals surface area contributed by atoms with Crippen molar-refractivity contribution in [1.82, 2.24) is 19.8 Å². The fraction of sp³-hybridized carbons (Fsp3) is 0.444. The van der Waals surface area contributed by atoms with Crippen LogP contribution in [0.5, 0.6) is 0 Å². The number of H-pyrrole nitrogens is 1. The Bertz CT molecular complexity index is 1370. The van der Waals surface area contributed by atoms with Gasteiger partial charge in [0.1, 0.15) is 0 Å². The number of halogens is 1. The van der Waals surface area contributed by atoms with Gasteiger partial charge in [-0.05, 0) is 62.2 Å². The van der Waals surface area contributed by atoms with Crippen LogP contribution in [0.25, 0.3) is 10.9 Å². The Morgan fingerprint density at radius 1 is 1.11 bits per heavy atom. The maximum absolute atomic E-state index is 12.9. The molecule has 1 amide bonds. The summed E-state index contributed by atoms with van der Waals surface area (Å²) in [6, 6.07) is 12.7. The lowest BCUT2D eigenvalue weighted by Gasteiger charge is -2.36. The van der Waals surface area contributed by atoms with Crippen LogP contribution in [0.4, 0.5) is 5.69 Å². The predicted molar refractivity (Wildman–Crippen MR) is 145 cm³/mol. The van der Waals surface area contributed by atoms with Gasteiger partial charge in [-0.3, -0.25) is 19.1 Å². The molecular weight excluding hydrogens is 494 g/mol. The largest absolute Gasteiger partial charge is 0.376 e. The van der Waals surface area contributed by atoms with Gasteiger partial charge in [-0.2, -0.15) is 0 Å². The molecule has 2 saturated heterocycles. The number of hydrogen-bond acceptors (Lipinski definition) is 6. The molecule has 1 atom stereocenters. The Labute approximate surface area is 220 Å². The minimum atomic E-state index is -0.485. The first-order valence-corrected chi connectivity index (χ1v) is 13.3. The van der Waals surface area contributed by atoms with Crippen LogP contribution in [0.2, 0.25) is 5.02 Å². The van der Waals surface area contributed by atoms with Crippen LogP contribution in [0.1, 0.15) is 29.6 Å². The van der Waals surface area contributed by atoms with Gasteiger partial charge < -0.3 is 19.9 Å². The van der Waals surface area contributed by atoms with Gasteiger partial charge in [-0.15, -0.1) is 0 Å². The quantitative estimate of drug-likeness (QED) is 0.438. The summed E-state index contributed by atoms with van der Waals surface area (Å²) in [7, 11) is 0. The fourth-order valence-corrected chi connectivity index (χ4v) is 5.25. The van der Waals surface area contributed by atoms with E-state index in [1.54, 1.807) is 18.2 Å². The standard InChI is InChI=1S/C27H32ClN5O4/c28-20-4-1-5-21(17-20)32-13-11-31(12-14-32)10-3-9-29-25(34)19-7-8-23-24(16-19)30-27(36)33(26(23)35)18-22-6-2-15-37-22/h1,4-5,7-8,16-17,22H,2-3,6,9-15,18H2,(H,29,34)(H,30,36)/t22-/m0/s1. The number of rotatable bonds is 8. The Morgan fingerprint density at radius 3 is 2.70 bits per heavy atom. The van der Waals surface area contributed by atoms with Gasteiger partial charge in [0, 0.05) is 55.6 Å². The number of nitrogens with one attached hydrogen (secondary N) is 2. The number of carbonyl (C=O) groups is 1. The summed E-state index contributed by atoms with van der Waals surface area (Å²) >= 11 is 6.12. The second kappa shape index (κ2) is 11.5. The van der Waals surface area contributed by atoms with Gasteiger partial charge in [0.05, 0.1) is 23.6 Å². The first-order valence-electron chi connectivity index (χ1n) is 12.9. The third kappa shape index (κ3) is 6.06. The Morgan fingerprint density at radius 2 is 1.95 bits per heavy atom. The molecule has 3 aromatic rings. The number of piperazine rings is 1. The molecule has 0 spiro atoms. The highest BCUT2D eigenvalue weighted by molar-refractivity contribution is 6.30. The highest BCUT2D eigenvalue weighted by Gasteiger charge is 2.20. The first kappa shape index (κ1) is 25.5. The summed E-state index contributed by atoms with van der Waals surface area (Å²) in [5.74, 6) is -0.225. The van der Waals surface area contributed by atoms with Crippen molar-refractivity contribution in [2.75, 3.05) is 50.8 Å². The molecule has 0 bridgehead atoms. The van der Waals surface area contributed by atoms with E-state index in [-0.39, 0.29) is 24.1 Å². The number of hydrogen-bond donors (Lipinski definition) is 2. The lowest BCUT2D eigenvalue weighted by atomic mass is 10.1. The number of benzene rings is 2. The van der Waals surface area contributed by atoms with Gasteiger partial charge in [0.2, 0.25) is 0 Å². The van der Waals surface area contributed by atoms with E-state index in [4.69, 9.17) is 16.3 Å². The van der Waals surface area contributed by atoms with E-state index < -0.39 is 5.69 Å². The van der Waals surface area contributed by atoms with Crippen molar-refractivity contribution in [2.45, 2.75) is 31.9 Å². The molecule has 9 nitrogen and oxygen atoms in total. The van der Waals surface area contributed by atoms with Gasteiger partial charge in [-0.1, -0.05) is 17.7 Å². The molecule has 37 heavy (non-hydrogen) atoms. The number of fused-ring (bicyclic) bond motifs is 1. The summed E-state index contributed by atoms with van der Waals surface area (Å²) in [6.07, 6.45) is 2.49. The lowest BCUT2D eigenvalue weighted by Crippen LogP contribution is -2.47. The molecule has 0 aliphatic carbocycles. The fourth-order valence-electron chi connectivity index (χ4n) is 5.06. The second-order valence-electron chi connectivity index (χ2n) is 9.66. The number of ether oxygens (including phenoxy) is 1. The third-order valence-electron chi connectivity index (χ3n) is 7.14. The van der Waals surface area contributed by atoms with Crippen molar-refractivity contribution in [2.24, 2.45) is 0 Å². The molecular formula is C27H32ClN5O4. The van der Waals surface area contributed by atoms with Gasteiger partial charge in [0.25, 0.3) is 11.5 Å². The number of amides is 1. The highest BCUT2D eigenvalue weighted by Crippen LogP contribution is 2.21. The van der Waals surface area contributed by atoms with E-state index in [0.717, 1.165) is 62.7 Å². The van der Waals surface area contributed by atoms with E-state index in [1.807, 2.05) is 18.2 Å². The minimum absolute atomic E-state index is 0.117. The number of anilines is 1. The molecule has 2 fully saturated rings. The molecule has 2 N–H and O–H groups in total. The summed E-state index contributed by atoms with van der Waals surface area (Å²) in [6.45, 7) is 6.15. The second-order valence-corrected chi connectivity index (χ2v) is 10.1. The number of aromatic nitrogens is 2. The molecule has 0 unspecified atom stereocenters. The molecule has 3 heterocycles. The van der Waals surface area contributed by atoms with Crippen LogP contribution in [0, 0.1) is 0 Å². The Balaban J connectivity index is 1.11. The van der Waals surface area contributed by atoms with E-state index in [2.05, 4.69) is 26.2 Å². The maximum atomic E-state index is 12.9. The van der Waals surface area contributed by atoms with Crippen LogP contribution in [-0.2, 0) is 11.3 Å². The number of carbonyl (C=O) groups excluding carboxylic acids is 1. The normalized spacial score (nSPS) is 18.4. The van der Waals surface area contributed by atoms with E-state index in [9.17, 15) is 14.4 Å². The zero-order valence-corrected chi connectivity index (χ0v) is 21.5. The van der Waals surface area contributed by atoms with Gasteiger partial charge >= 0.3 is 5.69 Å². The van der Waals surface area contributed by atoms with Crippen molar-refractivity contribution in [3.63, 3.8) is 0 Å². The van der Waals surface area contributed by atoms with Crippen LogP contribution < -0.4 is 21.5 Å². The third-order valence-corrected chi connectivity index (χ3v) is 7.37. The average molecular weight is 526 g/mol. The van der Waals surface area contributed by atoms with E-state index in [0.29, 0.717) is 29.6 Å². The Hall–Kier alpha value is -3.14. The lowest BCUT2D eigenvalue weighted by molar-refractivity contribution is 0.0949. The van der Waals surface area contributed by atoms with Gasteiger partial charge in [0.15, 0.2) is 0 Å². The molecule has 5 rings (SSSR count). The van der Waals surface area contributed by atoms with Crippen molar-refractivity contribution in [3.8, 4) is 0 Å². The molecule has 10 heteroatoms. The van der Waals surface area contributed by atoms with Crippen molar-refractivity contribution in [3.05, 3.63) is 73.9 Å². The van der Waals surface area contributed by atoms with Crippen LogP contribution in [0.3, 0.4) is 0 Å².